The Hall–Kier alpha value is -1.11. The lowest BCUT2D eigenvalue weighted by Crippen LogP contribution is -2.53. The molecule has 6 heteroatoms. The van der Waals surface area contributed by atoms with Crippen molar-refractivity contribution in [1.29, 1.82) is 0 Å². The molecule has 0 aliphatic carbocycles. The summed E-state index contributed by atoms with van der Waals surface area (Å²) >= 11 is 0. The first-order valence-corrected chi connectivity index (χ1v) is 6.30. The van der Waals surface area contributed by atoms with E-state index in [1.165, 1.54) is 23.5 Å². The normalized spacial score (nSPS) is 18.1. The number of benzene rings is 1. The molecule has 16 heavy (non-hydrogen) atoms. The fourth-order valence-electron chi connectivity index (χ4n) is 1.51. The van der Waals surface area contributed by atoms with Gasteiger partial charge in [-0.1, -0.05) is 0 Å². The number of methoxy groups -OCH3 is 1. The minimum absolute atomic E-state index is 0.175. The van der Waals surface area contributed by atoms with Crippen LogP contribution < -0.4 is 4.74 Å². The second-order valence-electron chi connectivity index (χ2n) is 3.65. The molecule has 0 atom stereocenters. The molecule has 0 saturated carbocycles. The van der Waals surface area contributed by atoms with Crippen LogP contribution >= 0.6 is 0 Å². The van der Waals surface area contributed by atoms with Crippen molar-refractivity contribution in [3.05, 3.63) is 24.3 Å². The first-order chi connectivity index (χ1) is 7.54. The zero-order valence-electron chi connectivity index (χ0n) is 8.83. The van der Waals surface area contributed by atoms with Crippen LogP contribution in [-0.2, 0) is 10.0 Å². The predicted octanol–water partition coefficient (Wildman–Crippen LogP) is 0.0604. The number of rotatable bonds is 3. The molecular weight excluding hydrogens is 230 g/mol. The molecule has 1 heterocycles. The molecular formula is C10H13NO4S. The summed E-state index contributed by atoms with van der Waals surface area (Å²) in [6.45, 7) is 0.350. The summed E-state index contributed by atoms with van der Waals surface area (Å²) in [7, 11) is -1.92. The van der Waals surface area contributed by atoms with Gasteiger partial charge in [-0.05, 0) is 24.3 Å². The first-order valence-electron chi connectivity index (χ1n) is 4.86. The van der Waals surface area contributed by atoms with Crippen molar-refractivity contribution in [2.75, 3.05) is 20.2 Å². The van der Waals surface area contributed by atoms with Gasteiger partial charge in [-0.25, -0.2) is 8.42 Å². The zero-order valence-corrected chi connectivity index (χ0v) is 9.64. The second kappa shape index (κ2) is 4.04. The minimum atomic E-state index is -3.44. The Balaban J connectivity index is 2.22. The number of hydrogen-bond acceptors (Lipinski definition) is 4. The van der Waals surface area contributed by atoms with Crippen LogP contribution in [0.5, 0.6) is 5.75 Å². The highest BCUT2D eigenvalue weighted by Gasteiger charge is 2.35. The highest BCUT2D eigenvalue weighted by Crippen LogP contribution is 2.23. The van der Waals surface area contributed by atoms with Gasteiger partial charge in [0.05, 0.1) is 18.1 Å². The molecule has 0 unspecified atom stereocenters. The van der Waals surface area contributed by atoms with Gasteiger partial charge in [0.2, 0.25) is 10.0 Å². The maximum Gasteiger partial charge on any atom is 0.243 e. The number of sulfonamides is 1. The fourth-order valence-corrected chi connectivity index (χ4v) is 3.02. The van der Waals surface area contributed by atoms with Crippen molar-refractivity contribution >= 4 is 10.0 Å². The zero-order chi connectivity index (χ0) is 11.8. The highest BCUT2D eigenvalue weighted by atomic mass is 32.2. The van der Waals surface area contributed by atoms with E-state index in [1.807, 2.05) is 0 Å². The summed E-state index contributed by atoms with van der Waals surface area (Å²) in [5.41, 5.74) is 0. The van der Waals surface area contributed by atoms with E-state index < -0.39 is 16.1 Å². The van der Waals surface area contributed by atoms with Crippen molar-refractivity contribution in [2.24, 2.45) is 0 Å². The molecule has 1 N–H and O–H groups in total. The molecule has 0 amide bonds. The van der Waals surface area contributed by atoms with Crippen LogP contribution in [0.3, 0.4) is 0 Å². The van der Waals surface area contributed by atoms with Crippen LogP contribution in [0.1, 0.15) is 0 Å². The predicted molar refractivity (Wildman–Crippen MR) is 57.8 cm³/mol. The van der Waals surface area contributed by atoms with Gasteiger partial charge < -0.3 is 9.84 Å². The van der Waals surface area contributed by atoms with E-state index in [9.17, 15) is 8.42 Å². The number of β-amino-alcohol motifs (C(OH)–C–C–N with tert-alkyl or cyclic N) is 1. The Morgan fingerprint density at radius 1 is 1.31 bits per heavy atom. The summed E-state index contributed by atoms with van der Waals surface area (Å²) in [5.74, 6) is 0.614. The van der Waals surface area contributed by atoms with Crippen LogP contribution in [0.15, 0.2) is 29.2 Å². The number of ether oxygens (including phenoxy) is 1. The largest absolute Gasteiger partial charge is 0.497 e. The van der Waals surface area contributed by atoms with Gasteiger partial charge in [0.15, 0.2) is 0 Å². The van der Waals surface area contributed by atoms with Crippen LogP contribution in [0, 0.1) is 0 Å². The smallest absolute Gasteiger partial charge is 0.243 e. The van der Waals surface area contributed by atoms with Gasteiger partial charge in [-0.3, -0.25) is 0 Å². The monoisotopic (exact) mass is 243 g/mol. The van der Waals surface area contributed by atoms with Crippen molar-refractivity contribution < 1.29 is 18.3 Å². The molecule has 0 bridgehead atoms. The summed E-state index contributed by atoms with van der Waals surface area (Å²) in [5, 5.41) is 9.08. The standard InChI is InChI=1S/C10H13NO4S/c1-15-9-2-4-10(5-3-9)16(13,14)11-6-8(12)7-11/h2-5,8,12H,6-7H2,1H3. The molecule has 0 radical (unpaired) electrons. The molecule has 0 aromatic heterocycles. The van der Waals surface area contributed by atoms with Gasteiger partial charge in [0.25, 0.3) is 0 Å². The Kier molecular flexibility index (Phi) is 2.88. The number of nitrogens with zero attached hydrogens (tertiary/aromatic N) is 1. The summed E-state index contributed by atoms with van der Waals surface area (Å²) < 4.78 is 30.1. The molecule has 1 aromatic rings. The summed E-state index contributed by atoms with van der Waals surface area (Å²) in [6.07, 6.45) is -0.534. The summed E-state index contributed by atoms with van der Waals surface area (Å²) in [6, 6.07) is 6.20. The van der Waals surface area contributed by atoms with E-state index in [1.54, 1.807) is 12.1 Å². The van der Waals surface area contributed by atoms with Gasteiger partial charge >= 0.3 is 0 Å². The Morgan fingerprint density at radius 2 is 1.88 bits per heavy atom. The molecule has 88 valence electrons. The SMILES string of the molecule is COc1ccc(S(=O)(=O)N2CC(O)C2)cc1. The van der Waals surface area contributed by atoms with Crippen LogP contribution in [0.4, 0.5) is 0 Å². The molecule has 2 rings (SSSR count). The van der Waals surface area contributed by atoms with Crippen molar-refractivity contribution in [3.63, 3.8) is 0 Å². The molecule has 1 saturated heterocycles. The third-order valence-electron chi connectivity index (χ3n) is 2.53. The Bertz CT molecular complexity index is 462. The average molecular weight is 243 g/mol. The highest BCUT2D eigenvalue weighted by molar-refractivity contribution is 7.89. The van der Waals surface area contributed by atoms with Crippen LogP contribution in [0.2, 0.25) is 0 Å². The first kappa shape index (κ1) is 11.4. The molecule has 1 aliphatic rings. The molecule has 1 fully saturated rings. The summed E-state index contributed by atoms with van der Waals surface area (Å²) in [4.78, 5) is 0.222. The van der Waals surface area contributed by atoms with E-state index >= 15 is 0 Å². The topological polar surface area (TPSA) is 66.8 Å². The van der Waals surface area contributed by atoms with E-state index in [4.69, 9.17) is 9.84 Å². The number of aliphatic hydroxyl groups is 1. The van der Waals surface area contributed by atoms with Gasteiger partial charge in [-0.15, -0.1) is 0 Å². The Morgan fingerprint density at radius 3 is 2.31 bits per heavy atom. The van der Waals surface area contributed by atoms with E-state index in [0.717, 1.165) is 0 Å². The third-order valence-corrected chi connectivity index (χ3v) is 4.37. The third kappa shape index (κ3) is 1.91. The van der Waals surface area contributed by atoms with Crippen LogP contribution in [0.25, 0.3) is 0 Å². The number of aliphatic hydroxyl groups excluding tert-OH is 1. The Labute approximate surface area is 94.3 Å². The van der Waals surface area contributed by atoms with Crippen molar-refractivity contribution in [3.8, 4) is 5.75 Å². The maximum absolute atomic E-state index is 11.9. The van der Waals surface area contributed by atoms with Crippen molar-refractivity contribution in [1.82, 2.24) is 4.31 Å². The van der Waals surface area contributed by atoms with Gasteiger partial charge in [0, 0.05) is 13.1 Å². The molecule has 1 aliphatic heterocycles. The molecule has 1 aromatic carbocycles. The lowest BCUT2D eigenvalue weighted by atomic mass is 10.2. The van der Waals surface area contributed by atoms with E-state index in [2.05, 4.69) is 0 Å². The van der Waals surface area contributed by atoms with Gasteiger partial charge in [-0.2, -0.15) is 4.31 Å². The van der Waals surface area contributed by atoms with Crippen LogP contribution in [-0.4, -0.2) is 44.1 Å². The lowest BCUT2D eigenvalue weighted by molar-refractivity contribution is 0.0548. The van der Waals surface area contributed by atoms with Gasteiger partial charge in [0.1, 0.15) is 5.75 Å². The maximum atomic E-state index is 11.9. The molecule has 0 spiro atoms. The van der Waals surface area contributed by atoms with Crippen molar-refractivity contribution in [2.45, 2.75) is 11.0 Å². The second-order valence-corrected chi connectivity index (χ2v) is 5.59. The lowest BCUT2D eigenvalue weighted by Gasteiger charge is -2.34. The minimum Gasteiger partial charge on any atom is -0.497 e. The number of hydrogen-bond donors (Lipinski definition) is 1. The molecule has 5 nitrogen and oxygen atoms in total. The average Bonchev–Trinajstić information content (AvgIpc) is 2.25. The fraction of sp³-hybridized carbons (Fsp3) is 0.400. The van der Waals surface area contributed by atoms with E-state index in [0.29, 0.717) is 5.75 Å². The quantitative estimate of drug-likeness (QED) is 0.815. The van der Waals surface area contributed by atoms with E-state index in [-0.39, 0.29) is 18.0 Å².